The van der Waals surface area contributed by atoms with Crippen LogP contribution in [0.2, 0.25) is 0 Å². The fourth-order valence-corrected chi connectivity index (χ4v) is 5.45. The van der Waals surface area contributed by atoms with Crippen LogP contribution in [0.15, 0.2) is 59.6 Å². The molecule has 1 spiro atoms. The largest absolute Gasteiger partial charge is 0.362 e. The Morgan fingerprint density at radius 2 is 1.96 bits per heavy atom. The van der Waals surface area contributed by atoms with Crippen molar-refractivity contribution in [3.63, 3.8) is 0 Å². The van der Waals surface area contributed by atoms with Gasteiger partial charge in [-0.15, -0.1) is 11.8 Å². The smallest absolute Gasteiger partial charge is 0.146 e. The number of benzene rings is 2. The molecule has 2 heterocycles. The molecule has 0 unspecified atom stereocenters. The monoisotopic (exact) mass is 357 g/mol. The molecule has 2 aromatic rings. The van der Waals surface area contributed by atoms with E-state index < -0.39 is 0 Å². The van der Waals surface area contributed by atoms with Crippen molar-refractivity contribution in [2.24, 2.45) is 4.99 Å². The molecule has 0 aliphatic carbocycles. The zero-order valence-corrected chi connectivity index (χ0v) is 15.2. The summed E-state index contributed by atoms with van der Waals surface area (Å²) in [6.45, 7) is 0.745. The molecule has 0 aromatic heterocycles. The van der Waals surface area contributed by atoms with Crippen LogP contribution < -0.4 is 10.4 Å². The van der Waals surface area contributed by atoms with Crippen molar-refractivity contribution in [2.75, 3.05) is 30.3 Å². The lowest BCUT2D eigenvalue weighted by Gasteiger charge is -2.35. The number of hydrogen-bond acceptors (Lipinski definition) is 6. The highest BCUT2D eigenvalue weighted by Gasteiger charge is 2.55. The van der Waals surface area contributed by atoms with Gasteiger partial charge in [0.25, 0.3) is 0 Å². The minimum Gasteiger partial charge on any atom is -0.362 e. The Labute approximate surface area is 150 Å². The molecule has 0 saturated heterocycles. The van der Waals surface area contributed by atoms with Crippen LogP contribution in [0.5, 0.6) is 0 Å². The highest BCUT2D eigenvalue weighted by Crippen LogP contribution is 2.56. The fourth-order valence-electron chi connectivity index (χ4n) is 3.36. The van der Waals surface area contributed by atoms with Crippen molar-refractivity contribution in [1.29, 1.82) is 0 Å². The second kappa shape index (κ2) is 6.35. The maximum atomic E-state index is 5.78. The van der Waals surface area contributed by atoms with Gasteiger partial charge in [-0.2, -0.15) is 0 Å². The molecule has 4 rings (SSSR count). The van der Waals surface area contributed by atoms with Gasteiger partial charge >= 0.3 is 0 Å². The minimum absolute atomic E-state index is 0.0271. The first kappa shape index (κ1) is 15.9. The predicted molar refractivity (Wildman–Crippen MR) is 105 cm³/mol. The number of hydroxylamine groups is 1. The first-order valence-electron chi connectivity index (χ1n) is 7.80. The van der Waals surface area contributed by atoms with Crippen molar-refractivity contribution >= 4 is 39.3 Å². The third kappa shape index (κ3) is 2.41. The lowest BCUT2D eigenvalue weighted by molar-refractivity contribution is 0.145. The number of nitrogens with zero attached hydrogens (tertiary/aromatic N) is 2. The van der Waals surface area contributed by atoms with E-state index >= 15 is 0 Å². The predicted octanol–water partition coefficient (Wildman–Crippen LogP) is 4.17. The van der Waals surface area contributed by atoms with Crippen molar-refractivity contribution in [3.8, 4) is 0 Å². The Morgan fingerprint density at radius 3 is 2.67 bits per heavy atom. The summed E-state index contributed by atoms with van der Waals surface area (Å²) in [5.41, 5.74) is 3.46. The Morgan fingerprint density at radius 1 is 1.21 bits per heavy atom. The standard InChI is InChI=1S/C18H19N3OS2/c1-22-21-15-11-7-6-10-14(15)18(12-19-17(23-2)24-18)16(21)20-13-8-4-3-5-9-13/h3-11,16,20H,12H2,1-2H3/t16-,18-/m0/s1. The van der Waals surface area contributed by atoms with Crippen molar-refractivity contribution in [1.82, 2.24) is 0 Å². The fraction of sp³-hybridized carbons (Fsp3) is 0.278. The van der Waals surface area contributed by atoms with Gasteiger partial charge in [0.1, 0.15) is 15.3 Å². The molecule has 1 N–H and O–H groups in total. The molecular weight excluding hydrogens is 338 g/mol. The summed E-state index contributed by atoms with van der Waals surface area (Å²) in [5.74, 6) is 0. The van der Waals surface area contributed by atoms with Gasteiger partial charge in [0.2, 0.25) is 0 Å². The van der Waals surface area contributed by atoms with Crippen LogP contribution >= 0.6 is 23.5 Å². The van der Waals surface area contributed by atoms with Gasteiger partial charge in [-0.25, -0.2) is 5.06 Å². The lowest BCUT2D eigenvalue weighted by atomic mass is 9.97. The second-order valence-electron chi connectivity index (χ2n) is 5.72. The van der Waals surface area contributed by atoms with E-state index in [9.17, 15) is 0 Å². The molecule has 24 heavy (non-hydrogen) atoms. The number of rotatable bonds is 3. The Balaban J connectivity index is 1.78. The van der Waals surface area contributed by atoms with E-state index in [1.54, 1.807) is 18.9 Å². The van der Waals surface area contributed by atoms with Gasteiger partial charge < -0.3 is 5.32 Å². The summed E-state index contributed by atoms with van der Waals surface area (Å²) >= 11 is 3.55. The highest BCUT2D eigenvalue weighted by atomic mass is 32.2. The van der Waals surface area contributed by atoms with Crippen LogP contribution in [0.1, 0.15) is 5.56 Å². The van der Waals surface area contributed by atoms with E-state index in [0.717, 1.165) is 22.3 Å². The average Bonchev–Trinajstić information content (AvgIpc) is 3.18. The molecule has 2 aromatic carbocycles. The average molecular weight is 358 g/mol. The highest BCUT2D eigenvalue weighted by molar-refractivity contribution is 8.39. The number of anilines is 2. The Bertz CT molecular complexity index is 768. The van der Waals surface area contributed by atoms with E-state index in [1.807, 2.05) is 35.0 Å². The molecule has 0 bridgehead atoms. The first-order valence-corrected chi connectivity index (χ1v) is 9.84. The van der Waals surface area contributed by atoms with Gasteiger partial charge in [0.15, 0.2) is 0 Å². The summed E-state index contributed by atoms with van der Waals surface area (Å²) in [6.07, 6.45) is 2.06. The van der Waals surface area contributed by atoms with Crippen LogP contribution in [0.4, 0.5) is 11.4 Å². The summed E-state index contributed by atoms with van der Waals surface area (Å²) in [5, 5.41) is 5.64. The number of nitrogens with one attached hydrogen (secondary N) is 1. The van der Waals surface area contributed by atoms with Crippen LogP contribution in [-0.2, 0) is 9.58 Å². The Kier molecular flexibility index (Phi) is 4.20. The molecule has 2 aliphatic heterocycles. The van der Waals surface area contributed by atoms with Gasteiger partial charge in [-0.3, -0.25) is 9.83 Å². The molecule has 0 radical (unpaired) electrons. The molecular formula is C18H19N3OS2. The van der Waals surface area contributed by atoms with E-state index in [4.69, 9.17) is 9.83 Å². The van der Waals surface area contributed by atoms with Crippen LogP contribution in [-0.4, -0.2) is 30.5 Å². The normalized spacial score (nSPS) is 25.0. The summed E-state index contributed by atoms with van der Waals surface area (Å²) in [4.78, 5) is 10.5. The van der Waals surface area contributed by atoms with Crippen LogP contribution in [0, 0.1) is 0 Å². The van der Waals surface area contributed by atoms with Crippen molar-refractivity contribution < 1.29 is 4.84 Å². The summed E-state index contributed by atoms with van der Waals surface area (Å²) < 4.78 is 0.948. The molecule has 2 atom stereocenters. The number of para-hydroxylation sites is 2. The van der Waals surface area contributed by atoms with Crippen molar-refractivity contribution in [2.45, 2.75) is 10.9 Å². The first-order chi connectivity index (χ1) is 11.8. The van der Waals surface area contributed by atoms with Crippen LogP contribution in [0.3, 0.4) is 0 Å². The van der Waals surface area contributed by atoms with Gasteiger partial charge in [0.05, 0.1) is 19.3 Å². The lowest BCUT2D eigenvalue weighted by Crippen LogP contribution is -2.48. The number of aliphatic imine (C=N–C) groups is 1. The molecule has 0 amide bonds. The van der Waals surface area contributed by atoms with E-state index in [-0.39, 0.29) is 10.9 Å². The van der Waals surface area contributed by atoms with E-state index in [0.29, 0.717) is 0 Å². The topological polar surface area (TPSA) is 36.9 Å². The maximum absolute atomic E-state index is 5.78. The van der Waals surface area contributed by atoms with Gasteiger partial charge in [0, 0.05) is 11.3 Å². The molecule has 2 aliphatic rings. The second-order valence-corrected chi connectivity index (χ2v) is 8.09. The number of hydrogen-bond donors (Lipinski definition) is 1. The molecule has 6 heteroatoms. The van der Waals surface area contributed by atoms with Crippen molar-refractivity contribution in [3.05, 3.63) is 60.2 Å². The molecule has 4 nitrogen and oxygen atoms in total. The third-order valence-corrected chi connectivity index (χ3v) is 6.90. The van der Waals surface area contributed by atoms with Gasteiger partial charge in [-0.05, 0) is 24.5 Å². The Hall–Kier alpha value is -1.63. The maximum Gasteiger partial charge on any atom is 0.146 e. The van der Waals surface area contributed by atoms with Crippen LogP contribution in [0.25, 0.3) is 0 Å². The molecule has 0 saturated carbocycles. The number of thioether (sulfide) groups is 2. The zero-order chi connectivity index (χ0) is 16.6. The summed E-state index contributed by atoms with van der Waals surface area (Å²) in [7, 11) is 1.73. The quantitative estimate of drug-likeness (QED) is 0.892. The summed E-state index contributed by atoms with van der Waals surface area (Å²) in [6, 6.07) is 18.7. The third-order valence-electron chi connectivity index (χ3n) is 4.43. The zero-order valence-electron chi connectivity index (χ0n) is 13.6. The number of fused-ring (bicyclic) bond motifs is 2. The van der Waals surface area contributed by atoms with Gasteiger partial charge in [-0.1, -0.05) is 48.2 Å². The molecule has 0 fully saturated rings. The minimum atomic E-state index is -0.180. The molecule has 124 valence electrons. The van der Waals surface area contributed by atoms with E-state index in [1.165, 1.54) is 5.56 Å². The van der Waals surface area contributed by atoms with E-state index in [2.05, 4.69) is 48.0 Å². The SMILES string of the molecule is CON1c2ccccc2[C@@]2(CN=C(SC)S2)[C@H]1Nc1ccccc1.